The molecule has 2 N–H and O–H groups in total. The van der Waals surface area contributed by atoms with E-state index in [1.807, 2.05) is 0 Å². The van der Waals surface area contributed by atoms with Gasteiger partial charge in [-0.3, -0.25) is 0 Å². The number of rotatable bonds is 3. The zero-order valence-corrected chi connectivity index (χ0v) is 12.7. The standard InChI is InChI=1S/C15H19NSi.ClH/c1-13(16)17(2,14-9-5-3-6-10-14)15-11-7-4-8-12-15;/h3-13H,16H2,1-2H3;1H/t13-;/m1./s1. The lowest BCUT2D eigenvalue weighted by molar-refractivity contribution is 0.988. The van der Waals surface area contributed by atoms with E-state index in [1.54, 1.807) is 0 Å². The van der Waals surface area contributed by atoms with Crippen molar-refractivity contribution in [3.8, 4) is 0 Å². The molecule has 2 aromatic carbocycles. The van der Waals surface area contributed by atoms with E-state index in [4.69, 9.17) is 5.73 Å². The zero-order valence-electron chi connectivity index (χ0n) is 10.8. The van der Waals surface area contributed by atoms with Gasteiger partial charge in [0.1, 0.15) is 8.07 Å². The quantitative estimate of drug-likeness (QED) is 0.855. The first kappa shape index (κ1) is 15.0. The molecule has 0 saturated heterocycles. The van der Waals surface area contributed by atoms with E-state index >= 15 is 0 Å². The summed E-state index contributed by atoms with van der Waals surface area (Å²) in [6.45, 7) is 4.48. The lowest BCUT2D eigenvalue weighted by Gasteiger charge is -2.32. The largest absolute Gasteiger partial charge is 0.330 e. The Balaban J connectivity index is 0.00000162. The topological polar surface area (TPSA) is 26.0 Å². The van der Waals surface area contributed by atoms with Crippen molar-refractivity contribution >= 4 is 30.9 Å². The van der Waals surface area contributed by atoms with E-state index in [0.717, 1.165) is 0 Å². The van der Waals surface area contributed by atoms with E-state index in [9.17, 15) is 0 Å². The predicted octanol–water partition coefficient (Wildman–Crippen LogP) is 2.19. The Morgan fingerprint density at radius 1 is 0.833 bits per heavy atom. The van der Waals surface area contributed by atoms with Crippen LogP contribution in [0.3, 0.4) is 0 Å². The fraction of sp³-hybridized carbons (Fsp3) is 0.200. The van der Waals surface area contributed by atoms with E-state index in [2.05, 4.69) is 74.1 Å². The Morgan fingerprint density at radius 3 is 1.44 bits per heavy atom. The summed E-state index contributed by atoms with van der Waals surface area (Å²) in [5.74, 6) is 0. The second kappa shape index (κ2) is 6.18. The Bertz CT molecular complexity index is 431. The number of hydrogen-bond donors (Lipinski definition) is 1. The van der Waals surface area contributed by atoms with Crippen LogP contribution in [0.2, 0.25) is 6.55 Å². The van der Waals surface area contributed by atoms with Crippen LogP contribution in [0.1, 0.15) is 6.92 Å². The van der Waals surface area contributed by atoms with Gasteiger partial charge < -0.3 is 5.73 Å². The SMILES string of the molecule is C[C@H](N)[Si](C)(c1ccccc1)c1ccccc1.Cl. The van der Waals surface area contributed by atoms with Gasteiger partial charge >= 0.3 is 0 Å². The molecule has 0 amide bonds. The van der Waals surface area contributed by atoms with Crippen LogP contribution in [0.25, 0.3) is 0 Å². The maximum Gasteiger partial charge on any atom is 0.131 e. The Hall–Kier alpha value is -1.09. The van der Waals surface area contributed by atoms with Crippen LogP contribution >= 0.6 is 12.4 Å². The molecular formula is C15H20ClNSi. The van der Waals surface area contributed by atoms with E-state index in [0.29, 0.717) is 0 Å². The van der Waals surface area contributed by atoms with Crippen LogP contribution in [0.15, 0.2) is 60.7 Å². The van der Waals surface area contributed by atoms with Crippen molar-refractivity contribution in [2.45, 2.75) is 19.1 Å². The molecule has 0 bridgehead atoms. The predicted molar refractivity (Wildman–Crippen MR) is 84.7 cm³/mol. The second-order valence-corrected chi connectivity index (χ2v) is 9.19. The summed E-state index contributed by atoms with van der Waals surface area (Å²) in [6.07, 6.45) is 0. The molecule has 1 atom stereocenters. The molecule has 0 heterocycles. The van der Waals surface area contributed by atoms with Gasteiger partial charge in [-0.05, 0) is 0 Å². The van der Waals surface area contributed by atoms with Crippen molar-refractivity contribution in [3.05, 3.63) is 60.7 Å². The lowest BCUT2D eigenvalue weighted by Crippen LogP contribution is -2.66. The first-order valence-electron chi connectivity index (χ1n) is 6.02. The summed E-state index contributed by atoms with van der Waals surface area (Å²) >= 11 is 0. The molecule has 0 aromatic heterocycles. The van der Waals surface area contributed by atoms with Gasteiger partial charge in [0.2, 0.25) is 0 Å². The smallest absolute Gasteiger partial charge is 0.131 e. The molecule has 2 aromatic rings. The van der Waals surface area contributed by atoms with Crippen molar-refractivity contribution in [3.63, 3.8) is 0 Å². The van der Waals surface area contributed by atoms with E-state index < -0.39 is 8.07 Å². The maximum absolute atomic E-state index is 6.30. The summed E-state index contributed by atoms with van der Waals surface area (Å²) in [7, 11) is -1.80. The highest BCUT2D eigenvalue weighted by atomic mass is 35.5. The summed E-state index contributed by atoms with van der Waals surface area (Å²) in [6, 6.07) is 21.4. The Kier molecular flexibility index (Phi) is 5.14. The van der Waals surface area contributed by atoms with Gasteiger partial charge in [-0.2, -0.15) is 0 Å². The van der Waals surface area contributed by atoms with Gasteiger partial charge in [-0.15, -0.1) is 12.4 Å². The molecule has 18 heavy (non-hydrogen) atoms. The molecule has 0 unspecified atom stereocenters. The average molecular weight is 278 g/mol. The van der Waals surface area contributed by atoms with Crippen LogP contribution in [0.5, 0.6) is 0 Å². The second-order valence-electron chi connectivity index (χ2n) is 4.72. The minimum atomic E-state index is -1.80. The third-order valence-corrected chi connectivity index (χ3v) is 8.54. The van der Waals surface area contributed by atoms with Crippen LogP contribution in [0.4, 0.5) is 0 Å². The van der Waals surface area contributed by atoms with Crippen LogP contribution in [-0.4, -0.2) is 13.7 Å². The van der Waals surface area contributed by atoms with Gasteiger partial charge in [-0.25, -0.2) is 0 Å². The highest BCUT2D eigenvalue weighted by molar-refractivity contribution is 7.02. The monoisotopic (exact) mass is 277 g/mol. The number of nitrogens with two attached hydrogens (primary N) is 1. The lowest BCUT2D eigenvalue weighted by atomic mass is 10.4. The van der Waals surface area contributed by atoms with Crippen molar-refractivity contribution in [1.82, 2.24) is 0 Å². The molecule has 1 nitrogen and oxygen atoms in total. The molecule has 0 radical (unpaired) electrons. The normalized spacial score (nSPS) is 12.6. The maximum atomic E-state index is 6.30. The molecule has 3 heteroatoms. The van der Waals surface area contributed by atoms with Crippen LogP contribution in [-0.2, 0) is 0 Å². The number of benzene rings is 2. The highest BCUT2D eigenvalue weighted by Crippen LogP contribution is 2.08. The highest BCUT2D eigenvalue weighted by Gasteiger charge is 2.35. The van der Waals surface area contributed by atoms with E-state index in [-0.39, 0.29) is 18.1 Å². The first-order valence-corrected chi connectivity index (χ1v) is 8.60. The van der Waals surface area contributed by atoms with Crippen molar-refractivity contribution in [2.75, 3.05) is 0 Å². The average Bonchev–Trinajstić information content (AvgIpc) is 2.39. The molecule has 0 aliphatic rings. The summed E-state index contributed by atoms with van der Waals surface area (Å²) in [5, 5.41) is 2.81. The van der Waals surface area contributed by atoms with Crippen LogP contribution < -0.4 is 16.1 Å². The molecular weight excluding hydrogens is 258 g/mol. The molecule has 0 saturated carbocycles. The first-order chi connectivity index (χ1) is 8.15. The fourth-order valence-corrected chi connectivity index (χ4v) is 5.42. The van der Waals surface area contributed by atoms with Crippen molar-refractivity contribution in [2.24, 2.45) is 5.73 Å². The van der Waals surface area contributed by atoms with Gasteiger partial charge in [0.05, 0.1) is 0 Å². The minimum Gasteiger partial charge on any atom is -0.330 e. The summed E-state index contributed by atoms with van der Waals surface area (Å²) < 4.78 is 0. The van der Waals surface area contributed by atoms with Gasteiger partial charge in [-0.1, -0.05) is 84.5 Å². The molecule has 2 rings (SSSR count). The summed E-state index contributed by atoms with van der Waals surface area (Å²) in [4.78, 5) is 0. The third kappa shape index (κ3) is 2.66. The summed E-state index contributed by atoms with van der Waals surface area (Å²) in [5.41, 5.74) is 6.50. The van der Waals surface area contributed by atoms with E-state index in [1.165, 1.54) is 10.4 Å². The van der Waals surface area contributed by atoms with Gasteiger partial charge in [0, 0.05) is 5.67 Å². The van der Waals surface area contributed by atoms with Crippen molar-refractivity contribution < 1.29 is 0 Å². The van der Waals surface area contributed by atoms with Gasteiger partial charge in [0.25, 0.3) is 0 Å². The molecule has 0 aliphatic heterocycles. The number of halogens is 1. The molecule has 96 valence electrons. The van der Waals surface area contributed by atoms with Crippen LogP contribution in [0, 0.1) is 0 Å². The zero-order chi connectivity index (χ0) is 12.3. The third-order valence-electron chi connectivity index (χ3n) is 3.66. The minimum absolute atomic E-state index is 0. The van der Waals surface area contributed by atoms with Crippen molar-refractivity contribution in [1.29, 1.82) is 0 Å². The molecule has 0 spiro atoms. The molecule has 0 aliphatic carbocycles. The molecule has 0 fully saturated rings. The Morgan fingerprint density at radius 2 is 1.17 bits per heavy atom. The fourth-order valence-electron chi connectivity index (χ4n) is 2.26. The Labute approximate surface area is 116 Å². The number of hydrogen-bond acceptors (Lipinski definition) is 1. The van der Waals surface area contributed by atoms with Gasteiger partial charge in [0.15, 0.2) is 0 Å².